The van der Waals surface area contributed by atoms with Gasteiger partial charge in [-0.25, -0.2) is 9.97 Å². The van der Waals surface area contributed by atoms with Gasteiger partial charge in [0.15, 0.2) is 0 Å². The molecular weight excluding hydrogens is 667 g/mol. The standard InChI is InChI=1S/C37H36F3N5O4S/c1-23-22-50-35(43-23)31-11-6-13-45(31)36(48)28-18-26(17-27(19-28)34-42-12-14-49-34)33(47)44-30(16-24-7-3-2-4-8-24)32(46)21-41-20-25-9-5-10-29(15-25)37(38,39)40/h2-5,7-10,12,14-15,17-19,22,30-32,41,46H,6,11,13,16,20-21H2,1H3,(H,44,47)/t30-,31+,32+/m0/s1. The monoisotopic (exact) mass is 703 g/mol. The van der Waals surface area contributed by atoms with Crippen LogP contribution in [0.15, 0.2) is 95.1 Å². The number of nitrogens with one attached hydrogen (secondary N) is 2. The Morgan fingerprint density at radius 1 is 1.06 bits per heavy atom. The first-order valence-corrected chi connectivity index (χ1v) is 17.1. The number of hydrogen-bond acceptors (Lipinski definition) is 8. The summed E-state index contributed by atoms with van der Waals surface area (Å²) >= 11 is 1.52. The molecule has 13 heteroatoms. The van der Waals surface area contributed by atoms with Crippen molar-refractivity contribution in [2.45, 2.75) is 57.1 Å². The summed E-state index contributed by atoms with van der Waals surface area (Å²) in [7, 11) is 0. The molecule has 3 atom stereocenters. The molecule has 0 saturated carbocycles. The number of likely N-dealkylation sites (tertiary alicyclic amines) is 1. The van der Waals surface area contributed by atoms with Gasteiger partial charge < -0.3 is 25.1 Å². The van der Waals surface area contributed by atoms with Crippen molar-refractivity contribution in [3.63, 3.8) is 0 Å². The van der Waals surface area contributed by atoms with Gasteiger partial charge in [0.1, 0.15) is 11.3 Å². The van der Waals surface area contributed by atoms with Gasteiger partial charge in [-0.3, -0.25) is 9.59 Å². The summed E-state index contributed by atoms with van der Waals surface area (Å²) in [5.74, 6) is -0.539. The van der Waals surface area contributed by atoms with E-state index in [-0.39, 0.29) is 48.5 Å². The van der Waals surface area contributed by atoms with E-state index in [2.05, 4.69) is 20.6 Å². The zero-order chi connectivity index (χ0) is 35.3. The molecule has 6 rings (SSSR count). The van der Waals surface area contributed by atoms with Gasteiger partial charge in [-0.15, -0.1) is 11.3 Å². The minimum absolute atomic E-state index is 0.0132. The van der Waals surface area contributed by atoms with Crippen LogP contribution in [0.5, 0.6) is 0 Å². The lowest BCUT2D eigenvalue weighted by Crippen LogP contribution is -2.48. The van der Waals surface area contributed by atoms with Crippen molar-refractivity contribution in [1.82, 2.24) is 25.5 Å². The van der Waals surface area contributed by atoms with Crippen molar-refractivity contribution in [2.75, 3.05) is 13.1 Å². The van der Waals surface area contributed by atoms with Crippen LogP contribution in [-0.4, -0.2) is 57.0 Å². The number of amides is 2. The molecule has 0 bridgehead atoms. The van der Waals surface area contributed by atoms with Crippen LogP contribution in [0.4, 0.5) is 13.2 Å². The van der Waals surface area contributed by atoms with Gasteiger partial charge in [-0.1, -0.05) is 48.5 Å². The summed E-state index contributed by atoms with van der Waals surface area (Å²) in [6.07, 6.45) is -0.825. The number of aliphatic hydroxyl groups is 1. The molecule has 3 N–H and O–H groups in total. The van der Waals surface area contributed by atoms with Crippen molar-refractivity contribution in [3.05, 3.63) is 129 Å². The van der Waals surface area contributed by atoms with E-state index in [0.29, 0.717) is 17.7 Å². The molecule has 0 radical (unpaired) electrons. The molecule has 3 aromatic carbocycles. The molecule has 260 valence electrons. The topological polar surface area (TPSA) is 121 Å². The normalized spacial score (nSPS) is 15.9. The van der Waals surface area contributed by atoms with Crippen LogP contribution in [0.2, 0.25) is 0 Å². The van der Waals surface area contributed by atoms with E-state index in [4.69, 9.17) is 4.42 Å². The molecule has 1 saturated heterocycles. The number of carbonyl (C=O) groups excluding carboxylic acids is 2. The molecular formula is C37H36F3N5O4S. The maximum atomic E-state index is 14.0. The van der Waals surface area contributed by atoms with E-state index in [1.54, 1.807) is 23.1 Å². The van der Waals surface area contributed by atoms with Gasteiger partial charge in [0, 0.05) is 47.4 Å². The van der Waals surface area contributed by atoms with Crippen molar-refractivity contribution in [1.29, 1.82) is 0 Å². The van der Waals surface area contributed by atoms with E-state index in [9.17, 15) is 27.9 Å². The van der Waals surface area contributed by atoms with Gasteiger partial charge in [0.05, 0.1) is 29.9 Å². The first-order chi connectivity index (χ1) is 24.0. The summed E-state index contributed by atoms with van der Waals surface area (Å²) in [5.41, 5.74) is 2.30. The van der Waals surface area contributed by atoms with Gasteiger partial charge in [-0.05, 0) is 61.6 Å². The highest BCUT2D eigenvalue weighted by molar-refractivity contribution is 7.09. The Balaban J connectivity index is 1.23. The first kappa shape index (κ1) is 35.0. The van der Waals surface area contributed by atoms with Crippen LogP contribution < -0.4 is 10.6 Å². The summed E-state index contributed by atoms with van der Waals surface area (Å²) in [6, 6.07) is 18.1. The van der Waals surface area contributed by atoms with Gasteiger partial charge in [-0.2, -0.15) is 13.2 Å². The quantitative estimate of drug-likeness (QED) is 0.134. The fourth-order valence-electron chi connectivity index (χ4n) is 6.10. The highest BCUT2D eigenvalue weighted by atomic mass is 32.1. The van der Waals surface area contributed by atoms with Crippen LogP contribution in [-0.2, 0) is 19.1 Å². The van der Waals surface area contributed by atoms with E-state index < -0.39 is 29.8 Å². The Hall–Kier alpha value is -4.85. The molecule has 1 fully saturated rings. The highest BCUT2D eigenvalue weighted by Crippen LogP contribution is 2.35. The van der Waals surface area contributed by atoms with Crippen LogP contribution in [0.3, 0.4) is 0 Å². The Kier molecular flexibility index (Phi) is 10.8. The van der Waals surface area contributed by atoms with E-state index in [1.165, 1.54) is 35.9 Å². The molecule has 5 aromatic rings. The van der Waals surface area contributed by atoms with E-state index >= 15 is 0 Å². The maximum Gasteiger partial charge on any atom is 0.416 e. The van der Waals surface area contributed by atoms with Crippen LogP contribution >= 0.6 is 11.3 Å². The summed E-state index contributed by atoms with van der Waals surface area (Å²) < 4.78 is 45.1. The number of benzene rings is 3. The van der Waals surface area contributed by atoms with E-state index in [1.807, 2.05) is 42.6 Å². The van der Waals surface area contributed by atoms with Gasteiger partial charge in [0.25, 0.3) is 11.8 Å². The number of thiazole rings is 1. The minimum Gasteiger partial charge on any atom is -0.445 e. The van der Waals surface area contributed by atoms with Crippen molar-refractivity contribution in [3.8, 4) is 11.5 Å². The number of aryl methyl sites for hydroxylation is 1. The molecule has 2 amide bonds. The van der Waals surface area contributed by atoms with Crippen LogP contribution in [0.1, 0.15) is 67.0 Å². The highest BCUT2D eigenvalue weighted by Gasteiger charge is 2.34. The zero-order valence-electron chi connectivity index (χ0n) is 27.2. The lowest BCUT2D eigenvalue weighted by molar-refractivity contribution is -0.137. The molecule has 0 spiro atoms. The van der Waals surface area contributed by atoms with Crippen LogP contribution in [0, 0.1) is 6.92 Å². The molecule has 50 heavy (non-hydrogen) atoms. The number of carbonyl (C=O) groups is 2. The molecule has 9 nitrogen and oxygen atoms in total. The number of nitrogens with zero attached hydrogens (tertiary/aromatic N) is 3. The Morgan fingerprint density at radius 3 is 2.56 bits per heavy atom. The van der Waals surface area contributed by atoms with E-state index in [0.717, 1.165) is 41.2 Å². The van der Waals surface area contributed by atoms with Crippen molar-refractivity contribution >= 4 is 23.2 Å². The average Bonchev–Trinajstić information content (AvgIpc) is 3.90. The predicted molar refractivity (Wildman–Crippen MR) is 182 cm³/mol. The lowest BCUT2D eigenvalue weighted by atomic mass is 9.99. The lowest BCUT2D eigenvalue weighted by Gasteiger charge is -2.26. The first-order valence-electron chi connectivity index (χ1n) is 16.2. The number of alkyl halides is 3. The fourth-order valence-corrected chi connectivity index (χ4v) is 7.04. The number of rotatable bonds is 12. The number of aliphatic hydroxyl groups excluding tert-OH is 1. The van der Waals surface area contributed by atoms with Crippen molar-refractivity contribution < 1.29 is 32.3 Å². The van der Waals surface area contributed by atoms with Crippen molar-refractivity contribution in [2.24, 2.45) is 0 Å². The molecule has 1 aliphatic heterocycles. The maximum absolute atomic E-state index is 14.0. The Morgan fingerprint density at radius 2 is 1.84 bits per heavy atom. The fraction of sp³-hybridized carbons (Fsp3) is 0.297. The number of aromatic nitrogens is 2. The second-order valence-corrected chi connectivity index (χ2v) is 13.2. The average molecular weight is 704 g/mol. The third kappa shape index (κ3) is 8.47. The third-order valence-electron chi connectivity index (χ3n) is 8.57. The largest absolute Gasteiger partial charge is 0.445 e. The summed E-state index contributed by atoms with van der Waals surface area (Å²) in [4.78, 5) is 38.6. The van der Waals surface area contributed by atoms with Gasteiger partial charge in [0.2, 0.25) is 5.89 Å². The molecule has 2 aromatic heterocycles. The SMILES string of the molecule is Cc1csc([C@H]2CCCN2C(=O)c2cc(C(=O)N[C@@H](Cc3ccccc3)[C@H](O)CNCc3cccc(C(F)(F)F)c3)cc(-c3ncco3)c2)n1. The summed E-state index contributed by atoms with van der Waals surface area (Å²) in [6.45, 7) is 2.53. The Bertz CT molecular complexity index is 1920. The number of halogens is 3. The second kappa shape index (κ2) is 15.4. The van der Waals surface area contributed by atoms with Gasteiger partial charge >= 0.3 is 6.18 Å². The Labute approximate surface area is 291 Å². The molecule has 3 heterocycles. The summed E-state index contributed by atoms with van der Waals surface area (Å²) in [5, 5.41) is 20.1. The molecule has 0 aliphatic carbocycles. The predicted octanol–water partition coefficient (Wildman–Crippen LogP) is 6.59. The van der Waals surface area contributed by atoms with Crippen LogP contribution in [0.25, 0.3) is 11.5 Å². The molecule has 0 unspecified atom stereocenters. The zero-order valence-corrected chi connectivity index (χ0v) is 28.0. The number of oxazole rings is 1. The molecule has 1 aliphatic rings. The number of hydrogen-bond donors (Lipinski definition) is 3. The smallest absolute Gasteiger partial charge is 0.416 e. The third-order valence-corrected chi connectivity index (χ3v) is 9.64. The minimum atomic E-state index is -4.47. The second-order valence-electron chi connectivity index (χ2n) is 12.3.